The van der Waals surface area contributed by atoms with E-state index in [0.717, 1.165) is 7.11 Å². The molecule has 18 heavy (non-hydrogen) atoms. The van der Waals surface area contributed by atoms with Gasteiger partial charge in [-0.1, -0.05) is 0 Å². The minimum atomic E-state index is -5.18. The topological polar surface area (TPSA) is 48.4 Å². The number of hydrogen-bond donors (Lipinski definition) is 0. The summed E-state index contributed by atoms with van der Waals surface area (Å²) in [5.41, 5.74) is -1.61. The molecule has 0 aliphatic carbocycles. The quantitative estimate of drug-likeness (QED) is 0.624. The number of alkyl halides is 5. The summed E-state index contributed by atoms with van der Waals surface area (Å²) in [5.74, 6) is -2.10. The van der Waals surface area contributed by atoms with Crippen LogP contribution < -0.4 is 9.47 Å². The molecule has 0 spiro atoms. The predicted octanol–water partition coefficient (Wildman–Crippen LogP) is 2.74. The van der Waals surface area contributed by atoms with E-state index in [4.69, 9.17) is 0 Å². The first-order valence-corrected chi connectivity index (χ1v) is 4.36. The van der Waals surface area contributed by atoms with Crippen molar-refractivity contribution in [3.63, 3.8) is 0 Å². The molecule has 1 aromatic heterocycles. The maximum absolute atomic E-state index is 12.6. The molecule has 0 aliphatic heterocycles. The van der Waals surface area contributed by atoms with Gasteiger partial charge in [-0.2, -0.15) is 0 Å². The average Bonchev–Trinajstić information content (AvgIpc) is 2.26. The third-order valence-electron chi connectivity index (χ3n) is 1.76. The van der Waals surface area contributed by atoms with E-state index in [2.05, 4.69) is 14.5 Å². The van der Waals surface area contributed by atoms with Crippen LogP contribution in [0.5, 0.6) is 11.6 Å². The molecule has 9 heteroatoms. The number of aromatic nitrogens is 1. The van der Waals surface area contributed by atoms with Crippen molar-refractivity contribution in [3.8, 4) is 11.6 Å². The normalized spacial score (nSPS) is 11.5. The summed E-state index contributed by atoms with van der Waals surface area (Å²) in [7, 11) is 0.912. The first-order valence-electron chi connectivity index (χ1n) is 4.36. The molecule has 0 unspecified atom stereocenters. The van der Waals surface area contributed by atoms with Crippen molar-refractivity contribution in [2.24, 2.45) is 0 Å². The van der Waals surface area contributed by atoms with Crippen molar-refractivity contribution in [2.45, 2.75) is 12.8 Å². The Morgan fingerprint density at radius 3 is 2.39 bits per heavy atom. The van der Waals surface area contributed by atoms with Crippen LogP contribution in [0, 0.1) is 0 Å². The van der Waals surface area contributed by atoms with Gasteiger partial charge in [-0.15, -0.1) is 13.2 Å². The number of nitrogens with zero attached hydrogens (tertiary/aromatic N) is 1. The first-order chi connectivity index (χ1) is 8.28. The second-order valence-corrected chi connectivity index (χ2v) is 2.94. The molecular weight excluding hydrogens is 265 g/mol. The minimum Gasteiger partial charge on any atom is -0.478 e. The lowest BCUT2D eigenvalue weighted by atomic mass is 10.2. The molecule has 0 aliphatic rings. The maximum Gasteiger partial charge on any atom is 0.573 e. The van der Waals surface area contributed by atoms with E-state index in [1.807, 2.05) is 0 Å². The highest BCUT2D eigenvalue weighted by atomic mass is 19.4. The minimum absolute atomic E-state index is 0.103. The molecule has 0 N–H and O–H groups in total. The summed E-state index contributed by atoms with van der Waals surface area (Å²) in [6.07, 6.45) is -8.36. The van der Waals surface area contributed by atoms with Crippen LogP contribution in [-0.2, 0) is 0 Å². The number of carbonyl (C=O) groups is 1. The Kier molecular flexibility index (Phi) is 4.04. The number of aldehydes is 1. The van der Waals surface area contributed by atoms with Gasteiger partial charge in [-0.25, -0.2) is 13.8 Å². The lowest BCUT2D eigenvalue weighted by Crippen LogP contribution is -2.19. The number of pyridine rings is 1. The fourth-order valence-electron chi connectivity index (χ4n) is 1.13. The molecule has 0 atom stereocenters. The number of hydrogen-bond acceptors (Lipinski definition) is 4. The van der Waals surface area contributed by atoms with Crippen LogP contribution in [0.25, 0.3) is 0 Å². The number of ether oxygens (including phenoxy) is 2. The van der Waals surface area contributed by atoms with Gasteiger partial charge >= 0.3 is 6.36 Å². The second kappa shape index (κ2) is 5.15. The lowest BCUT2D eigenvalue weighted by Gasteiger charge is -2.15. The molecule has 0 bridgehead atoms. The fraction of sp³-hybridized carbons (Fsp3) is 0.333. The predicted molar refractivity (Wildman–Crippen MR) is 47.8 cm³/mol. The van der Waals surface area contributed by atoms with Crippen LogP contribution in [-0.4, -0.2) is 24.7 Å². The maximum atomic E-state index is 12.6. The van der Waals surface area contributed by atoms with Gasteiger partial charge < -0.3 is 9.47 Å². The number of rotatable bonds is 4. The van der Waals surface area contributed by atoms with Crippen LogP contribution in [0.15, 0.2) is 6.07 Å². The van der Waals surface area contributed by atoms with Gasteiger partial charge in [0.05, 0.1) is 12.7 Å². The van der Waals surface area contributed by atoms with Crippen LogP contribution in [0.1, 0.15) is 22.5 Å². The van der Waals surface area contributed by atoms with Crippen molar-refractivity contribution in [1.82, 2.24) is 4.98 Å². The van der Waals surface area contributed by atoms with Gasteiger partial charge in [0.2, 0.25) is 0 Å². The smallest absolute Gasteiger partial charge is 0.478 e. The molecule has 0 saturated heterocycles. The zero-order valence-electron chi connectivity index (χ0n) is 8.79. The number of halogens is 5. The first kappa shape index (κ1) is 14.1. The molecule has 4 nitrogen and oxygen atoms in total. The third kappa shape index (κ3) is 3.28. The monoisotopic (exact) mass is 271 g/mol. The molecule has 100 valence electrons. The lowest BCUT2D eigenvalue weighted by molar-refractivity contribution is -0.275. The van der Waals surface area contributed by atoms with E-state index >= 15 is 0 Å². The van der Waals surface area contributed by atoms with Crippen LogP contribution >= 0.6 is 0 Å². The molecule has 1 rings (SSSR count). The van der Waals surface area contributed by atoms with Gasteiger partial charge in [0.15, 0.2) is 12.0 Å². The Hall–Kier alpha value is -1.93. The molecule has 0 saturated carbocycles. The Morgan fingerprint density at radius 2 is 2.00 bits per heavy atom. The van der Waals surface area contributed by atoms with E-state index in [1.165, 1.54) is 0 Å². The highest BCUT2D eigenvalue weighted by Gasteiger charge is 2.36. The summed E-state index contributed by atoms with van der Waals surface area (Å²) >= 11 is 0. The van der Waals surface area contributed by atoms with Crippen molar-refractivity contribution in [2.75, 3.05) is 7.11 Å². The van der Waals surface area contributed by atoms with Crippen molar-refractivity contribution in [3.05, 3.63) is 17.3 Å². The summed E-state index contributed by atoms with van der Waals surface area (Å²) < 4.78 is 69.2. The fourth-order valence-corrected chi connectivity index (χ4v) is 1.13. The van der Waals surface area contributed by atoms with Crippen molar-refractivity contribution >= 4 is 6.29 Å². The van der Waals surface area contributed by atoms with Crippen molar-refractivity contribution in [1.29, 1.82) is 0 Å². The van der Waals surface area contributed by atoms with Gasteiger partial charge in [-0.3, -0.25) is 4.79 Å². The molecule has 0 amide bonds. The Morgan fingerprint density at radius 1 is 1.39 bits per heavy atom. The Bertz CT molecular complexity index is 447. The Balaban J connectivity index is 3.39. The van der Waals surface area contributed by atoms with Crippen LogP contribution in [0.3, 0.4) is 0 Å². The van der Waals surface area contributed by atoms with E-state index in [0.29, 0.717) is 6.07 Å². The van der Waals surface area contributed by atoms with E-state index in [1.54, 1.807) is 0 Å². The van der Waals surface area contributed by atoms with E-state index in [-0.39, 0.29) is 6.29 Å². The second-order valence-electron chi connectivity index (χ2n) is 2.94. The molecule has 0 radical (unpaired) electrons. The average molecular weight is 271 g/mol. The standard InChI is InChI=1S/C9H6F5NO3/c1-17-8-6(18-9(12,13)14)5(7(10)11)2-4(3-16)15-8/h2-3,7H,1H3. The molecule has 0 fully saturated rings. The molecule has 1 heterocycles. The zero-order valence-corrected chi connectivity index (χ0v) is 8.79. The van der Waals surface area contributed by atoms with Gasteiger partial charge in [0.25, 0.3) is 12.3 Å². The van der Waals surface area contributed by atoms with Gasteiger partial charge in [0.1, 0.15) is 5.69 Å². The van der Waals surface area contributed by atoms with E-state index in [9.17, 15) is 26.7 Å². The highest BCUT2D eigenvalue weighted by molar-refractivity contribution is 5.73. The largest absolute Gasteiger partial charge is 0.573 e. The van der Waals surface area contributed by atoms with E-state index < -0.39 is 35.7 Å². The molecule has 1 aromatic rings. The highest BCUT2D eigenvalue weighted by Crippen LogP contribution is 2.39. The summed E-state index contributed by atoms with van der Waals surface area (Å²) in [5, 5.41) is 0. The molecule has 0 aromatic carbocycles. The SMILES string of the molecule is COc1nc(C=O)cc(C(F)F)c1OC(F)(F)F. The van der Waals surface area contributed by atoms with Gasteiger partial charge in [-0.05, 0) is 6.07 Å². The molecular formula is C9H6F5NO3. The van der Waals surface area contributed by atoms with Crippen molar-refractivity contribution < 1.29 is 36.2 Å². The zero-order chi connectivity index (χ0) is 13.9. The Labute approximate surface area is 97.3 Å². The van der Waals surface area contributed by atoms with Crippen LogP contribution in [0.2, 0.25) is 0 Å². The third-order valence-corrected chi connectivity index (χ3v) is 1.76. The summed E-state index contributed by atoms with van der Waals surface area (Å²) in [6, 6.07) is 0.501. The van der Waals surface area contributed by atoms with Crippen LogP contribution in [0.4, 0.5) is 22.0 Å². The summed E-state index contributed by atoms with van der Waals surface area (Å²) in [4.78, 5) is 13.7. The number of carbonyl (C=O) groups excluding carboxylic acids is 1. The van der Waals surface area contributed by atoms with Gasteiger partial charge in [0, 0.05) is 0 Å². The number of methoxy groups -OCH3 is 1. The summed E-state index contributed by atoms with van der Waals surface area (Å²) in [6.45, 7) is 0.